The molecule has 1 unspecified atom stereocenters. The van der Waals surface area contributed by atoms with Crippen molar-refractivity contribution in [2.24, 2.45) is 0 Å². The Balaban J connectivity index is 2.59. The maximum atomic E-state index is 11.2. The van der Waals surface area contributed by atoms with Crippen molar-refractivity contribution in [2.45, 2.75) is 6.10 Å². The van der Waals surface area contributed by atoms with Crippen LogP contribution in [-0.2, 0) is 14.3 Å². The largest absolute Gasteiger partial charge is 0.508 e. The summed E-state index contributed by atoms with van der Waals surface area (Å²) >= 11 is 0. The van der Waals surface area contributed by atoms with Gasteiger partial charge < -0.3 is 20.1 Å². The molecule has 3 N–H and O–H groups in total. The monoisotopic (exact) mass is 252 g/mol. The maximum absolute atomic E-state index is 11.2. The van der Waals surface area contributed by atoms with Gasteiger partial charge in [0.1, 0.15) is 5.75 Å². The molecule has 0 radical (unpaired) electrons. The Kier molecular flexibility index (Phi) is 4.89. The third kappa shape index (κ3) is 4.26. The molecule has 0 aliphatic heterocycles. The van der Waals surface area contributed by atoms with Crippen LogP contribution in [0.3, 0.4) is 0 Å². The molecule has 6 nitrogen and oxygen atoms in total. The molecular formula is C12H12O6. The van der Waals surface area contributed by atoms with Crippen molar-refractivity contribution < 1.29 is 29.6 Å². The van der Waals surface area contributed by atoms with Crippen LogP contribution in [0.25, 0.3) is 6.08 Å². The van der Waals surface area contributed by atoms with Gasteiger partial charge in [0.2, 0.25) is 6.10 Å². The molecule has 18 heavy (non-hydrogen) atoms. The molecule has 0 spiro atoms. The van der Waals surface area contributed by atoms with Crippen LogP contribution in [0.1, 0.15) is 5.56 Å². The van der Waals surface area contributed by atoms with Gasteiger partial charge in [0.05, 0.1) is 6.61 Å². The zero-order chi connectivity index (χ0) is 13.5. The van der Waals surface area contributed by atoms with Gasteiger partial charge in [-0.05, 0) is 23.8 Å². The van der Waals surface area contributed by atoms with Crippen LogP contribution >= 0.6 is 0 Å². The number of hydrogen-bond acceptors (Lipinski definition) is 5. The van der Waals surface area contributed by atoms with E-state index in [0.717, 1.165) is 6.08 Å². The highest BCUT2D eigenvalue weighted by molar-refractivity contribution is 5.89. The Morgan fingerprint density at radius 2 is 1.89 bits per heavy atom. The van der Waals surface area contributed by atoms with Crippen molar-refractivity contribution in [3.63, 3.8) is 0 Å². The van der Waals surface area contributed by atoms with E-state index in [4.69, 9.17) is 15.3 Å². The summed E-state index contributed by atoms with van der Waals surface area (Å²) in [6.45, 7) is -0.784. The van der Waals surface area contributed by atoms with E-state index in [1.54, 1.807) is 12.1 Å². The van der Waals surface area contributed by atoms with Gasteiger partial charge in [-0.2, -0.15) is 0 Å². The SMILES string of the molecule is O=C(/C=C/c1ccc(O)cc1)OC(CO)C(=O)O. The van der Waals surface area contributed by atoms with Gasteiger partial charge in [0.15, 0.2) is 0 Å². The molecule has 0 saturated carbocycles. The minimum atomic E-state index is -1.57. The normalized spacial score (nSPS) is 12.3. The zero-order valence-corrected chi connectivity index (χ0v) is 9.31. The molecule has 0 amide bonds. The number of esters is 1. The number of carbonyl (C=O) groups excluding carboxylic acids is 1. The van der Waals surface area contributed by atoms with Crippen molar-refractivity contribution in [1.82, 2.24) is 0 Å². The fourth-order valence-corrected chi connectivity index (χ4v) is 1.09. The molecule has 0 aliphatic carbocycles. The average Bonchev–Trinajstić information content (AvgIpc) is 2.35. The number of aliphatic hydroxyl groups excluding tert-OH is 1. The Hall–Kier alpha value is -2.34. The molecule has 1 aromatic carbocycles. The Morgan fingerprint density at radius 1 is 1.28 bits per heavy atom. The third-order valence-corrected chi connectivity index (χ3v) is 2.00. The minimum absolute atomic E-state index is 0.0981. The Morgan fingerprint density at radius 3 is 2.39 bits per heavy atom. The summed E-state index contributed by atoms with van der Waals surface area (Å²) in [5.41, 5.74) is 0.639. The van der Waals surface area contributed by atoms with Crippen LogP contribution in [0, 0.1) is 0 Å². The molecule has 1 aromatic rings. The van der Waals surface area contributed by atoms with Gasteiger partial charge in [-0.1, -0.05) is 12.1 Å². The quantitative estimate of drug-likeness (QED) is 0.517. The number of aliphatic hydroxyl groups is 1. The number of aliphatic carboxylic acids is 1. The predicted octanol–water partition coefficient (Wildman–Crippen LogP) is 0.394. The van der Waals surface area contributed by atoms with E-state index < -0.39 is 24.6 Å². The number of carbonyl (C=O) groups is 2. The summed E-state index contributed by atoms with van der Waals surface area (Å²) < 4.78 is 4.48. The summed E-state index contributed by atoms with van der Waals surface area (Å²) in [6, 6.07) is 6.03. The van der Waals surface area contributed by atoms with Crippen LogP contribution in [0.2, 0.25) is 0 Å². The van der Waals surface area contributed by atoms with Crippen molar-refractivity contribution in [3.05, 3.63) is 35.9 Å². The molecule has 0 aliphatic rings. The number of phenolic OH excluding ortho intramolecular Hbond substituents is 1. The number of carboxylic acid groups (broad SMARTS) is 1. The first-order valence-electron chi connectivity index (χ1n) is 5.04. The number of hydrogen-bond donors (Lipinski definition) is 3. The molecule has 0 bridgehead atoms. The Bertz CT molecular complexity index is 448. The summed E-state index contributed by atoms with van der Waals surface area (Å²) in [5, 5.41) is 26.2. The second-order valence-electron chi connectivity index (χ2n) is 3.37. The summed E-state index contributed by atoms with van der Waals surface area (Å²) in [7, 11) is 0. The fraction of sp³-hybridized carbons (Fsp3) is 0.167. The molecule has 1 rings (SSSR count). The van der Waals surface area contributed by atoms with E-state index >= 15 is 0 Å². The van der Waals surface area contributed by atoms with E-state index in [-0.39, 0.29) is 5.75 Å². The Labute approximate surface area is 103 Å². The van der Waals surface area contributed by atoms with Crippen molar-refractivity contribution in [2.75, 3.05) is 6.61 Å². The van der Waals surface area contributed by atoms with E-state index in [1.165, 1.54) is 18.2 Å². The number of carboxylic acids is 1. The van der Waals surface area contributed by atoms with Gasteiger partial charge in [-0.15, -0.1) is 0 Å². The zero-order valence-electron chi connectivity index (χ0n) is 9.31. The molecular weight excluding hydrogens is 240 g/mol. The highest BCUT2D eigenvalue weighted by Gasteiger charge is 2.19. The van der Waals surface area contributed by atoms with E-state index in [9.17, 15) is 9.59 Å². The van der Waals surface area contributed by atoms with Crippen LogP contribution in [0.15, 0.2) is 30.3 Å². The highest BCUT2D eigenvalue weighted by Crippen LogP contribution is 2.10. The molecule has 0 fully saturated rings. The van der Waals surface area contributed by atoms with Crippen molar-refractivity contribution in [3.8, 4) is 5.75 Å². The van der Waals surface area contributed by atoms with Gasteiger partial charge in [-0.3, -0.25) is 0 Å². The molecule has 1 atom stereocenters. The number of ether oxygens (including phenoxy) is 1. The van der Waals surface area contributed by atoms with Crippen molar-refractivity contribution >= 4 is 18.0 Å². The predicted molar refractivity (Wildman–Crippen MR) is 61.7 cm³/mol. The van der Waals surface area contributed by atoms with Crippen LogP contribution in [0.5, 0.6) is 5.75 Å². The number of benzene rings is 1. The summed E-state index contributed by atoms with van der Waals surface area (Å²) in [5.74, 6) is -2.19. The molecule has 0 aromatic heterocycles. The average molecular weight is 252 g/mol. The lowest BCUT2D eigenvalue weighted by molar-refractivity contribution is -0.163. The third-order valence-electron chi connectivity index (χ3n) is 2.00. The molecule has 0 heterocycles. The smallest absolute Gasteiger partial charge is 0.347 e. The molecule has 6 heteroatoms. The second kappa shape index (κ2) is 6.41. The van der Waals surface area contributed by atoms with E-state index in [2.05, 4.69) is 4.74 Å². The summed E-state index contributed by atoms with van der Waals surface area (Å²) in [6.07, 6.45) is 0.873. The molecule has 96 valence electrons. The van der Waals surface area contributed by atoms with Crippen molar-refractivity contribution in [1.29, 1.82) is 0 Å². The lowest BCUT2D eigenvalue weighted by Crippen LogP contribution is -2.29. The lowest BCUT2D eigenvalue weighted by Gasteiger charge is -2.08. The van der Waals surface area contributed by atoms with Crippen LogP contribution in [-0.4, -0.2) is 40.0 Å². The summed E-state index contributed by atoms with van der Waals surface area (Å²) in [4.78, 5) is 21.7. The van der Waals surface area contributed by atoms with Gasteiger partial charge in [-0.25, -0.2) is 9.59 Å². The topological polar surface area (TPSA) is 104 Å². The minimum Gasteiger partial charge on any atom is -0.508 e. The first-order valence-corrected chi connectivity index (χ1v) is 5.04. The van der Waals surface area contributed by atoms with Crippen LogP contribution < -0.4 is 0 Å². The number of phenols is 1. The van der Waals surface area contributed by atoms with Crippen LogP contribution in [0.4, 0.5) is 0 Å². The lowest BCUT2D eigenvalue weighted by atomic mass is 10.2. The molecule has 0 saturated heterocycles. The van der Waals surface area contributed by atoms with Gasteiger partial charge >= 0.3 is 11.9 Å². The van der Waals surface area contributed by atoms with Gasteiger partial charge in [0, 0.05) is 6.08 Å². The van der Waals surface area contributed by atoms with E-state index in [1.807, 2.05) is 0 Å². The first-order chi connectivity index (χ1) is 8.52. The first kappa shape index (κ1) is 13.7. The maximum Gasteiger partial charge on any atom is 0.347 e. The fourth-order valence-electron chi connectivity index (χ4n) is 1.09. The number of aromatic hydroxyl groups is 1. The van der Waals surface area contributed by atoms with Gasteiger partial charge in [0.25, 0.3) is 0 Å². The van der Waals surface area contributed by atoms with E-state index in [0.29, 0.717) is 5.56 Å². The standard InChI is InChI=1S/C12H12O6/c13-7-10(12(16)17)18-11(15)6-3-8-1-4-9(14)5-2-8/h1-6,10,13-14H,7H2,(H,16,17)/b6-3+. The number of rotatable bonds is 5. The highest BCUT2D eigenvalue weighted by atomic mass is 16.6. The second-order valence-corrected chi connectivity index (χ2v) is 3.37.